The van der Waals surface area contributed by atoms with E-state index in [9.17, 15) is 13.2 Å². The molecule has 0 saturated heterocycles. The largest absolute Gasteiger partial charge is 0.492 e. The summed E-state index contributed by atoms with van der Waals surface area (Å²) in [6.45, 7) is 2.07. The van der Waals surface area contributed by atoms with E-state index in [1.54, 1.807) is 13.0 Å². The minimum atomic E-state index is -3.71. The van der Waals surface area contributed by atoms with E-state index in [4.69, 9.17) is 4.74 Å². The second kappa shape index (κ2) is 7.41. The number of anilines is 1. The molecule has 1 heterocycles. The molecule has 2 aromatic rings. The Morgan fingerprint density at radius 2 is 2.12 bits per heavy atom. The number of amides is 1. The first kappa shape index (κ1) is 17.9. The summed E-state index contributed by atoms with van der Waals surface area (Å²) < 4.78 is 32.7. The molecule has 24 heavy (non-hydrogen) atoms. The summed E-state index contributed by atoms with van der Waals surface area (Å²) in [5.41, 5.74) is 0.351. The molecule has 0 aliphatic carbocycles. The monoisotopic (exact) mass is 353 g/mol. The Kier molecular flexibility index (Phi) is 5.52. The van der Waals surface area contributed by atoms with Crippen molar-refractivity contribution >= 4 is 21.6 Å². The molecule has 0 spiro atoms. The first-order valence-corrected chi connectivity index (χ1v) is 8.60. The minimum Gasteiger partial charge on any atom is -0.492 e. The molecule has 1 amide bonds. The van der Waals surface area contributed by atoms with E-state index in [-0.39, 0.29) is 23.1 Å². The summed E-state index contributed by atoms with van der Waals surface area (Å²) in [5.74, 6) is -0.113. The highest BCUT2D eigenvalue weighted by Gasteiger charge is 2.23. The Bertz CT molecular complexity index is 803. The fourth-order valence-electron chi connectivity index (χ4n) is 1.92. The van der Waals surface area contributed by atoms with E-state index < -0.39 is 10.0 Å². The number of nitrogens with one attached hydrogen (secondary N) is 1. The van der Waals surface area contributed by atoms with Gasteiger partial charge in [0.2, 0.25) is 15.9 Å². The number of carbonyl (C=O) groups excluding carboxylic acids is 1. The van der Waals surface area contributed by atoms with Crippen LogP contribution in [0.3, 0.4) is 0 Å². The number of hydrogen-bond donors (Lipinski definition) is 1. The van der Waals surface area contributed by atoms with E-state index in [1.807, 2.05) is 0 Å². The van der Waals surface area contributed by atoms with Crippen LogP contribution < -0.4 is 10.1 Å². The Labute approximate surface area is 140 Å². The van der Waals surface area contributed by atoms with Gasteiger partial charge in [0.05, 0.1) is 6.61 Å². The molecule has 0 radical (unpaired) electrons. The van der Waals surface area contributed by atoms with Crippen molar-refractivity contribution in [3.05, 3.63) is 30.9 Å². The van der Waals surface area contributed by atoms with E-state index in [0.717, 1.165) is 4.31 Å². The first-order valence-electron chi connectivity index (χ1n) is 7.16. The smallest absolute Gasteiger partial charge is 0.246 e. The third-order valence-corrected chi connectivity index (χ3v) is 4.89. The normalized spacial score (nSPS) is 11.5. The van der Waals surface area contributed by atoms with Crippen LogP contribution in [0.15, 0.2) is 35.7 Å². The lowest BCUT2D eigenvalue weighted by atomic mass is 10.3. The quantitative estimate of drug-likeness (QED) is 0.780. The van der Waals surface area contributed by atoms with Crippen molar-refractivity contribution in [2.45, 2.75) is 18.4 Å². The molecule has 2 rings (SSSR count). The van der Waals surface area contributed by atoms with E-state index in [1.165, 1.54) is 43.6 Å². The summed E-state index contributed by atoms with van der Waals surface area (Å²) >= 11 is 0. The summed E-state index contributed by atoms with van der Waals surface area (Å²) in [4.78, 5) is 15.7. The minimum absolute atomic E-state index is 0.00657. The van der Waals surface area contributed by atoms with Gasteiger partial charge in [0, 0.05) is 19.8 Å². The second-order valence-corrected chi connectivity index (χ2v) is 7.14. The number of aromatic nitrogens is 3. The highest BCUT2D eigenvalue weighted by molar-refractivity contribution is 7.89. The van der Waals surface area contributed by atoms with Gasteiger partial charge in [-0.25, -0.2) is 22.4 Å². The number of benzene rings is 1. The standard InChI is InChI=1S/C14H19N5O4S/c1-4-23-12-6-5-11(7-13(12)24(21,22)18(2)3)17-14(20)8-19-10-15-9-16-19/h5-7,9-10H,4,8H2,1-3H3,(H,17,20). The average Bonchev–Trinajstić information content (AvgIpc) is 3.01. The molecule has 1 aromatic heterocycles. The summed E-state index contributed by atoms with van der Waals surface area (Å²) in [6.07, 6.45) is 2.74. The Morgan fingerprint density at radius 1 is 1.38 bits per heavy atom. The number of rotatable bonds is 7. The zero-order chi connectivity index (χ0) is 17.7. The topological polar surface area (TPSA) is 106 Å². The molecule has 10 heteroatoms. The van der Waals surface area contributed by atoms with Gasteiger partial charge in [0.1, 0.15) is 29.8 Å². The molecule has 0 aliphatic heterocycles. The van der Waals surface area contributed by atoms with Crippen molar-refractivity contribution in [1.82, 2.24) is 19.1 Å². The van der Waals surface area contributed by atoms with Crippen LogP contribution in [0.5, 0.6) is 5.75 Å². The maximum atomic E-state index is 12.4. The molecule has 1 aromatic carbocycles. The highest BCUT2D eigenvalue weighted by atomic mass is 32.2. The van der Waals surface area contributed by atoms with Gasteiger partial charge in [-0.15, -0.1) is 0 Å². The van der Waals surface area contributed by atoms with Crippen LogP contribution in [0, 0.1) is 0 Å². The van der Waals surface area contributed by atoms with Gasteiger partial charge in [-0.2, -0.15) is 5.10 Å². The zero-order valence-electron chi connectivity index (χ0n) is 13.6. The van der Waals surface area contributed by atoms with Crippen LogP contribution in [0.25, 0.3) is 0 Å². The van der Waals surface area contributed by atoms with Gasteiger partial charge in [0.15, 0.2) is 0 Å². The van der Waals surface area contributed by atoms with Crippen LogP contribution in [0.1, 0.15) is 6.92 Å². The molecule has 0 bridgehead atoms. The molecule has 1 N–H and O–H groups in total. The molecule has 0 atom stereocenters. The molecule has 0 unspecified atom stereocenters. The lowest BCUT2D eigenvalue weighted by Crippen LogP contribution is -2.23. The Hall–Kier alpha value is -2.46. The number of ether oxygens (including phenoxy) is 1. The zero-order valence-corrected chi connectivity index (χ0v) is 14.4. The molecule has 130 valence electrons. The van der Waals surface area contributed by atoms with E-state index in [0.29, 0.717) is 12.3 Å². The van der Waals surface area contributed by atoms with Crippen molar-refractivity contribution < 1.29 is 17.9 Å². The van der Waals surface area contributed by atoms with Crippen LogP contribution in [0.2, 0.25) is 0 Å². The number of carbonyl (C=O) groups is 1. The molecule has 9 nitrogen and oxygen atoms in total. The van der Waals surface area contributed by atoms with Gasteiger partial charge in [-0.05, 0) is 25.1 Å². The van der Waals surface area contributed by atoms with Crippen molar-refractivity contribution in [1.29, 1.82) is 0 Å². The van der Waals surface area contributed by atoms with Crippen molar-refractivity contribution in [2.24, 2.45) is 0 Å². The number of sulfonamides is 1. The first-order chi connectivity index (χ1) is 11.3. The lowest BCUT2D eigenvalue weighted by Gasteiger charge is -2.16. The molecule has 0 fully saturated rings. The van der Waals surface area contributed by atoms with Gasteiger partial charge in [0.25, 0.3) is 0 Å². The Morgan fingerprint density at radius 3 is 2.71 bits per heavy atom. The average molecular weight is 353 g/mol. The van der Waals surface area contributed by atoms with Crippen LogP contribution >= 0.6 is 0 Å². The predicted molar refractivity (Wildman–Crippen MR) is 87.1 cm³/mol. The SMILES string of the molecule is CCOc1ccc(NC(=O)Cn2cncn2)cc1S(=O)(=O)N(C)C. The van der Waals surface area contributed by atoms with Gasteiger partial charge < -0.3 is 10.1 Å². The van der Waals surface area contributed by atoms with Crippen LogP contribution in [0.4, 0.5) is 5.69 Å². The van der Waals surface area contributed by atoms with Gasteiger partial charge in [-0.3, -0.25) is 4.79 Å². The number of hydrogen-bond acceptors (Lipinski definition) is 6. The molecular formula is C14H19N5O4S. The van der Waals surface area contributed by atoms with Gasteiger partial charge >= 0.3 is 0 Å². The van der Waals surface area contributed by atoms with Crippen molar-refractivity contribution in [3.8, 4) is 5.75 Å². The molecular weight excluding hydrogens is 334 g/mol. The summed E-state index contributed by atoms with van der Waals surface area (Å²) in [5, 5.41) is 6.47. The summed E-state index contributed by atoms with van der Waals surface area (Å²) in [7, 11) is -0.845. The van der Waals surface area contributed by atoms with Crippen molar-refractivity contribution in [3.63, 3.8) is 0 Å². The second-order valence-electron chi connectivity index (χ2n) is 5.02. The fraction of sp³-hybridized carbons (Fsp3) is 0.357. The molecule has 0 saturated carbocycles. The summed E-state index contributed by atoms with van der Waals surface area (Å²) in [6, 6.07) is 4.48. The van der Waals surface area contributed by atoms with E-state index >= 15 is 0 Å². The lowest BCUT2D eigenvalue weighted by molar-refractivity contribution is -0.116. The maximum Gasteiger partial charge on any atom is 0.246 e. The predicted octanol–water partition coefficient (Wildman–Crippen LogP) is 0.566. The van der Waals surface area contributed by atoms with Crippen LogP contribution in [-0.2, 0) is 21.4 Å². The third-order valence-electron chi connectivity index (χ3n) is 3.06. The molecule has 0 aliphatic rings. The van der Waals surface area contributed by atoms with Crippen molar-refractivity contribution in [2.75, 3.05) is 26.0 Å². The third kappa shape index (κ3) is 4.09. The Balaban J connectivity index is 2.27. The van der Waals surface area contributed by atoms with Gasteiger partial charge in [-0.1, -0.05) is 0 Å². The van der Waals surface area contributed by atoms with E-state index in [2.05, 4.69) is 15.4 Å². The maximum absolute atomic E-state index is 12.4. The van der Waals surface area contributed by atoms with Crippen LogP contribution in [-0.4, -0.2) is 54.1 Å². The number of nitrogens with zero attached hydrogens (tertiary/aromatic N) is 4. The fourth-order valence-corrected chi connectivity index (χ4v) is 2.97. The highest BCUT2D eigenvalue weighted by Crippen LogP contribution is 2.29.